The van der Waals surface area contributed by atoms with E-state index < -0.39 is 17.7 Å². The molecule has 0 saturated heterocycles. The summed E-state index contributed by atoms with van der Waals surface area (Å²) >= 11 is 0. The van der Waals surface area contributed by atoms with Crippen molar-refractivity contribution in [3.05, 3.63) is 59.2 Å². The summed E-state index contributed by atoms with van der Waals surface area (Å²) < 4.78 is 13.1. The van der Waals surface area contributed by atoms with E-state index in [2.05, 4.69) is 10.3 Å². The number of nitrogens with zero attached hydrogens (tertiary/aromatic N) is 1. The average molecular weight is 289 g/mol. The standard InChI is InChI=1S/C14H12FN3O3/c15-9-2-4-11(10(5-9)13(16)19)17-6-8-1-3-12(14(20)21)18-7-8/h1-5,7,17H,6H2,(H2,16,19)(H,20,21). The number of rotatable bonds is 5. The van der Waals surface area contributed by atoms with Crippen LogP contribution in [0.4, 0.5) is 10.1 Å². The maximum Gasteiger partial charge on any atom is 0.354 e. The lowest BCUT2D eigenvalue weighted by Gasteiger charge is -2.10. The monoisotopic (exact) mass is 289 g/mol. The second-order valence-corrected chi connectivity index (χ2v) is 4.26. The molecule has 1 amide bonds. The van der Waals surface area contributed by atoms with Gasteiger partial charge in [-0.05, 0) is 29.8 Å². The number of anilines is 1. The highest BCUT2D eigenvalue weighted by atomic mass is 19.1. The molecular weight excluding hydrogens is 277 g/mol. The zero-order valence-electron chi connectivity index (χ0n) is 10.8. The normalized spacial score (nSPS) is 10.1. The Hall–Kier alpha value is -2.96. The summed E-state index contributed by atoms with van der Waals surface area (Å²) in [6.45, 7) is 0.290. The Kier molecular flexibility index (Phi) is 4.13. The Morgan fingerprint density at radius 3 is 2.62 bits per heavy atom. The fourth-order valence-electron chi connectivity index (χ4n) is 1.73. The highest BCUT2D eigenvalue weighted by Gasteiger charge is 2.09. The third-order valence-electron chi connectivity index (χ3n) is 2.77. The molecule has 0 atom stereocenters. The summed E-state index contributed by atoms with van der Waals surface area (Å²) in [5.74, 6) is -2.40. The van der Waals surface area contributed by atoms with Gasteiger partial charge in [0.25, 0.3) is 5.91 Å². The second-order valence-electron chi connectivity index (χ2n) is 4.26. The smallest absolute Gasteiger partial charge is 0.354 e. The molecule has 21 heavy (non-hydrogen) atoms. The number of halogens is 1. The van der Waals surface area contributed by atoms with Gasteiger partial charge in [-0.3, -0.25) is 4.79 Å². The van der Waals surface area contributed by atoms with Gasteiger partial charge in [-0.2, -0.15) is 0 Å². The molecule has 2 rings (SSSR count). The fourth-order valence-corrected chi connectivity index (χ4v) is 1.73. The Labute approximate surface area is 119 Å². The van der Waals surface area contributed by atoms with E-state index in [9.17, 15) is 14.0 Å². The lowest BCUT2D eigenvalue weighted by atomic mass is 10.1. The number of primary amides is 1. The van der Waals surface area contributed by atoms with Crippen LogP contribution >= 0.6 is 0 Å². The molecule has 0 aliphatic carbocycles. The number of amides is 1. The van der Waals surface area contributed by atoms with Gasteiger partial charge in [0.15, 0.2) is 0 Å². The van der Waals surface area contributed by atoms with Crippen molar-refractivity contribution in [3.63, 3.8) is 0 Å². The molecule has 108 valence electrons. The van der Waals surface area contributed by atoms with Crippen molar-refractivity contribution in [2.24, 2.45) is 5.73 Å². The minimum atomic E-state index is -1.11. The third-order valence-corrected chi connectivity index (χ3v) is 2.77. The van der Waals surface area contributed by atoms with Gasteiger partial charge in [-0.1, -0.05) is 6.07 Å². The minimum Gasteiger partial charge on any atom is -0.477 e. The van der Waals surface area contributed by atoms with E-state index in [4.69, 9.17) is 10.8 Å². The number of nitrogens with one attached hydrogen (secondary N) is 1. The lowest BCUT2D eigenvalue weighted by Crippen LogP contribution is -2.15. The van der Waals surface area contributed by atoms with Gasteiger partial charge < -0.3 is 16.2 Å². The van der Waals surface area contributed by atoms with Crippen molar-refractivity contribution in [2.45, 2.75) is 6.54 Å². The summed E-state index contributed by atoms with van der Waals surface area (Å²) in [7, 11) is 0. The van der Waals surface area contributed by atoms with Gasteiger partial charge in [0.05, 0.1) is 5.56 Å². The first-order valence-electron chi connectivity index (χ1n) is 5.99. The Bertz CT molecular complexity index is 686. The van der Waals surface area contributed by atoms with E-state index in [1.54, 1.807) is 6.07 Å². The molecule has 2 aromatic rings. The molecule has 1 heterocycles. The first-order valence-corrected chi connectivity index (χ1v) is 5.99. The summed E-state index contributed by atoms with van der Waals surface area (Å²) in [5.41, 5.74) is 6.27. The van der Waals surface area contributed by atoms with Gasteiger partial charge >= 0.3 is 5.97 Å². The first kappa shape index (κ1) is 14.4. The van der Waals surface area contributed by atoms with Gasteiger partial charge in [-0.15, -0.1) is 0 Å². The minimum absolute atomic E-state index is 0.0464. The molecule has 0 aliphatic rings. The maximum atomic E-state index is 13.1. The van der Waals surface area contributed by atoms with E-state index in [1.165, 1.54) is 24.4 Å². The molecule has 0 fully saturated rings. The molecule has 1 aromatic carbocycles. The summed E-state index contributed by atoms with van der Waals surface area (Å²) in [6, 6.07) is 6.64. The number of hydrogen-bond donors (Lipinski definition) is 3. The molecule has 7 heteroatoms. The van der Waals surface area contributed by atoms with Gasteiger partial charge in [0.2, 0.25) is 0 Å². The third kappa shape index (κ3) is 3.53. The van der Waals surface area contributed by atoms with Crippen molar-refractivity contribution in [3.8, 4) is 0 Å². The zero-order chi connectivity index (χ0) is 15.4. The number of nitrogens with two attached hydrogens (primary N) is 1. The number of aromatic nitrogens is 1. The van der Waals surface area contributed by atoms with E-state index in [0.29, 0.717) is 17.8 Å². The largest absolute Gasteiger partial charge is 0.477 e. The lowest BCUT2D eigenvalue weighted by molar-refractivity contribution is 0.0690. The Balaban J connectivity index is 2.13. The fraction of sp³-hybridized carbons (Fsp3) is 0.0714. The van der Waals surface area contributed by atoms with Crippen molar-refractivity contribution in [1.29, 1.82) is 0 Å². The van der Waals surface area contributed by atoms with Crippen molar-refractivity contribution in [1.82, 2.24) is 4.98 Å². The van der Waals surface area contributed by atoms with Crippen molar-refractivity contribution in [2.75, 3.05) is 5.32 Å². The van der Waals surface area contributed by atoms with E-state index in [-0.39, 0.29) is 11.3 Å². The van der Waals surface area contributed by atoms with E-state index >= 15 is 0 Å². The molecule has 0 bridgehead atoms. The van der Waals surface area contributed by atoms with E-state index in [1.807, 2.05) is 0 Å². The van der Waals surface area contributed by atoms with Crippen molar-refractivity contribution >= 4 is 17.6 Å². The van der Waals surface area contributed by atoms with Crippen LogP contribution < -0.4 is 11.1 Å². The van der Waals surface area contributed by atoms with Crippen LogP contribution in [-0.4, -0.2) is 22.0 Å². The number of pyridine rings is 1. The molecule has 0 unspecified atom stereocenters. The number of carbonyl (C=O) groups excluding carboxylic acids is 1. The Morgan fingerprint density at radius 1 is 1.29 bits per heavy atom. The predicted molar refractivity (Wildman–Crippen MR) is 73.4 cm³/mol. The summed E-state index contributed by atoms with van der Waals surface area (Å²) in [5, 5.41) is 11.7. The van der Waals surface area contributed by atoms with Gasteiger partial charge in [-0.25, -0.2) is 14.2 Å². The highest BCUT2D eigenvalue weighted by Crippen LogP contribution is 2.17. The topological polar surface area (TPSA) is 105 Å². The first-order chi connectivity index (χ1) is 9.97. The van der Waals surface area contributed by atoms with Crippen LogP contribution in [0.5, 0.6) is 0 Å². The van der Waals surface area contributed by atoms with Crippen LogP contribution in [0.3, 0.4) is 0 Å². The molecule has 0 spiro atoms. The molecule has 0 aliphatic heterocycles. The number of carbonyl (C=O) groups is 2. The Morgan fingerprint density at radius 2 is 2.05 bits per heavy atom. The summed E-state index contributed by atoms with van der Waals surface area (Å²) in [6.07, 6.45) is 1.41. The highest BCUT2D eigenvalue weighted by molar-refractivity contribution is 5.98. The molecular formula is C14H12FN3O3. The average Bonchev–Trinajstić information content (AvgIpc) is 2.46. The molecule has 4 N–H and O–H groups in total. The number of carboxylic acid groups (broad SMARTS) is 1. The van der Waals surface area contributed by atoms with Crippen LogP contribution in [0.15, 0.2) is 36.5 Å². The molecule has 1 aromatic heterocycles. The number of benzene rings is 1. The summed E-state index contributed by atoms with van der Waals surface area (Å²) in [4.78, 5) is 25.7. The second kappa shape index (κ2) is 6.00. The van der Waals surface area contributed by atoms with Crippen LogP contribution in [0.1, 0.15) is 26.4 Å². The molecule has 0 radical (unpaired) electrons. The number of carboxylic acids is 1. The SMILES string of the molecule is NC(=O)c1cc(F)ccc1NCc1ccc(C(=O)O)nc1. The maximum absolute atomic E-state index is 13.1. The zero-order valence-corrected chi connectivity index (χ0v) is 10.8. The number of aromatic carboxylic acids is 1. The quantitative estimate of drug-likeness (QED) is 0.775. The predicted octanol–water partition coefficient (Wildman–Crippen LogP) is 1.63. The molecule has 6 nitrogen and oxygen atoms in total. The van der Waals surface area contributed by atoms with Gasteiger partial charge in [0, 0.05) is 18.4 Å². The van der Waals surface area contributed by atoms with Crippen LogP contribution in [-0.2, 0) is 6.54 Å². The molecule has 0 saturated carbocycles. The van der Waals surface area contributed by atoms with Crippen LogP contribution in [0.2, 0.25) is 0 Å². The van der Waals surface area contributed by atoms with Crippen LogP contribution in [0, 0.1) is 5.82 Å². The van der Waals surface area contributed by atoms with Crippen molar-refractivity contribution < 1.29 is 19.1 Å². The van der Waals surface area contributed by atoms with Gasteiger partial charge in [0.1, 0.15) is 11.5 Å². The van der Waals surface area contributed by atoms with E-state index in [0.717, 1.165) is 6.07 Å². The van der Waals surface area contributed by atoms with Crippen LogP contribution in [0.25, 0.3) is 0 Å². The number of hydrogen-bond acceptors (Lipinski definition) is 4.